The Morgan fingerprint density at radius 1 is 0.913 bits per heavy atom. The topological polar surface area (TPSA) is 43.1 Å². The highest BCUT2D eigenvalue weighted by Gasteiger charge is 2.16. The van der Waals surface area contributed by atoms with Gasteiger partial charge in [0.05, 0.1) is 6.20 Å². The Hall–Kier alpha value is -2.68. The number of carbonyl (C=O) groups is 1. The van der Waals surface area contributed by atoms with Crippen molar-refractivity contribution in [1.29, 1.82) is 0 Å². The number of rotatable bonds is 5. The van der Waals surface area contributed by atoms with Crippen molar-refractivity contribution < 1.29 is 9.21 Å². The summed E-state index contributed by atoms with van der Waals surface area (Å²) in [5.74, 6) is 0.550. The highest BCUT2D eigenvalue weighted by Crippen LogP contribution is 2.22. The van der Waals surface area contributed by atoms with Crippen LogP contribution in [0.25, 0.3) is 11.3 Å². The number of hydrogen-bond acceptors (Lipinski definition) is 3. The van der Waals surface area contributed by atoms with Crippen molar-refractivity contribution in [2.24, 2.45) is 0 Å². The van der Waals surface area contributed by atoms with E-state index in [0.29, 0.717) is 11.3 Å². The van der Waals surface area contributed by atoms with Gasteiger partial charge < -0.3 is 4.42 Å². The van der Waals surface area contributed by atoms with Crippen molar-refractivity contribution in [3.05, 3.63) is 77.3 Å². The lowest BCUT2D eigenvalue weighted by Gasteiger charge is -2.00. The predicted octanol–water partition coefficient (Wildman–Crippen LogP) is 4.70. The third-order valence-electron chi connectivity index (χ3n) is 3.97. The van der Waals surface area contributed by atoms with Gasteiger partial charge in [0.25, 0.3) is 5.89 Å². The second kappa shape index (κ2) is 6.61. The molecule has 0 aliphatic carbocycles. The zero-order chi connectivity index (χ0) is 16.2. The Balaban J connectivity index is 1.83. The first-order valence-electron chi connectivity index (χ1n) is 7.90. The number of hydrogen-bond donors (Lipinski definition) is 0. The van der Waals surface area contributed by atoms with Crippen LogP contribution in [0.1, 0.15) is 41.2 Å². The number of nitrogens with zero attached hydrogens (tertiary/aromatic N) is 1. The van der Waals surface area contributed by atoms with Gasteiger partial charge in [-0.2, -0.15) is 0 Å². The smallest absolute Gasteiger partial charge is 0.268 e. The molecule has 0 unspecified atom stereocenters. The van der Waals surface area contributed by atoms with E-state index in [-0.39, 0.29) is 11.7 Å². The van der Waals surface area contributed by atoms with Crippen LogP contribution in [0.5, 0.6) is 0 Å². The fourth-order valence-corrected chi connectivity index (χ4v) is 2.43. The van der Waals surface area contributed by atoms with Gasteiger partial charge in [-0.1, -0.05) is 62.4 Å². The number of carbonyl (C=O) groups excluding carboxylic acids is 1. The molecule has 0 amide bonds. The van der Waals surface area contributed by atoms with Crippen molar-refractivity contribution in [2.75, 3.05) is 0 Å². The molecule has 0 radical (unpaired) electrons. The predicted molar refractivity (Wildman–Crippen MR) is 90.6 cm³/mol. The summed E-state index contributed by atoms with van der Waals surface area (Å²) in [6, 6.07) is 15.7. The SMILES string of the molecule is CCc1ccc(C(=O)c2ncc(-c3ccc(CC)cc3)o2)cc1. The molecule has 0 fully saturated rings. The Kier molecular flexibility index (Phi) is 4.38. The fraction of sp³-hybridized carbons (Fsp3) is 0.200. The minimum absolute atomic E-state index is 0.129. The van der Waals surface area contributed by atoms with Gasteiger partial charge in [-0.05, 0) is 24.0 Å². The summed E-state index contributed by atoms with van der Waals surface area (Å²) in [7, 11) is 0. The van der Waals surface area contributed by atoms with Crippen LogP contribution in [-0.2, 0) is 12.8 Å². The normalized spacial score (nSPS) is 10.7. The first-order valence-corrected chi connectivity index (χ1v) is 7.90. The molecule has 23 heavy (non-hydrogen) atoms. The van der Waals surface area contributed by atoms with Crippen LogP contribution >= 0.6 is 0 Å². The fourth-order valence-electron chi connectivity index (χ4n) is 2.43. The molecule has 1 heterocycles. The van der Waals surface area contributed by atoms with Gasteiger partial charge in [-0.25, -0.2) is 4.98 Å². The average Bonchev–Trinajstić information content (AvgIpc) is 3.11. The summed E-state index contributed by atoms with van der Waals surface area (Å²) in [5, 5.41) is 0. The summed E-state index contributed by atoms with van der Waals surface area (Å²) in [5.41, 5.74) is 3.98. The third-order valence-corrected chi connectivity index (χ3v) is 3.97. The number of oxazole rings is 1. The van der Waals surface area contributed by atoms with E-state index in [0.717, 1.165) is 18.4 Å². The van der Waals surface area contributed by atoms with E-state index in [1.165, 1.54) is 11.1 Å². The van der Waals surface area contributed by atoms with E-state index in [1.54, 1.807) is 6.20 Å². The Morgan fingerprint density at radius 2 is 1.48 bits per heavy atom. The van der Waals surface area contributed by atoms with E-state index in [2.05, 4.69) is 31.0 Å². The van der Waals surface area contributed by atoms with E-state index < -0.39 is 0 Å². The summed E-state index contributed by atoms with van der Waals surface area (Å²) in [6.07, 6.45) is 3.55. The maximum absolute atomic E-state index is 12.4. The van der Waals surface area contributed by atoms with Crippen molar-refractivity contribution >= 4 is 5.78 Å². The van der Waals surface area contributed by atoms with Crippen molar-refractivity contribution in [3.63, 3.8) is 0 Å². The monoisotopic (exact) mass is 305 g/mol. The Bertz CT molecular complexity index is 798. The first kappa shape index (κ1) is 15.2. The van der Waals surface area contributed by atoms with Gasteiger partial charge in [0.2, 0.25) is 5.78 Å². The molecule has 3 aromatic rings. The molecule has 0 N–H and O–H groups in total. The minimum atomic E-state index is -0.191. The second-order valence-electron chi connectivity index (χ2n) is 5.46. The number of benzene rings is 2. The second-order valence-corrected chi connectivity index (χ2v) is 5.46. The summed E-state index contributed by atoms with van der Waals surface area (Å²) in [6.45, 7) is 4.20. The van der Waals surface area contributed by atoms with Crippen molar-refractivity contribution in [2.45, 2.75) is 26.7 Å². The van der Waals surface area contributed by atoms with E-state index in [9.17, 15) is 4.79 Å². The van der Waals surface area contributed by atoms with Crippen LogP contribution in [0, 0.1) is 0 Å². The van der Waals surface area contributed by atoms with Gasteiger partial charge >= 0.3 is 0 Å². The van der Waals surface area contributed by atoms with Gasteiger partial charge in [-0.3, -0.25) is 4.79 Å². The molecule has 3 heteroatoms. The highest BCUT2D eigenvalue weighted by molar-refractivity contribution is 6.06. The molecule has 0 spiro atoms. The van der Waals surface area contributed by atoms with Crippen LogP contribution in [-0.4, -0.2) is 10.8 Å². The van der Waals surface area contributed by atoms with Gasteiger partial charge in [-0.15, -0.1) is 0 Å². The third kappa shape index (κ3) is 3.24. The van der Waals surface area contributed by atoms with Crippen LogP contribution in [0.4, 0.5) is 0 Å². The molecule has 0 atom stereocenters. The van der Waals surface area contributed by atoms with Crippen LogP contribution in [0.3, 0.4) is 0 Å². The lowest BCUT2D eigenvalue weighted by atomic mass is 10.1. The molecular weight excluding hydrogens is 286 g/mol. The molecule has 0 aliphatic rings. The first-order chi connectivity index (χ1) is 11.2. The van der Waals surface area contributed by atoms with E-state index >= 15 is 0 Å². The molecule has 0 saturated heterocycles. The molecular formula is C20H19NO2. The molecule has 0 bridgehead atoms. The Morgan fingerprint density at radius 3 is 2.04 bits per heavy atom. The number of aryl methyl sites for hydroxylation is 2. The van der Waals surface area contributed by atoms with Crippen molar-refractivity contribution in [3.8, 4) is 11.3 Å². The van der Waals surface area contributed by atoms with Gasteiger partial charge in [0.15, 0.2) is 5.76 Å². The van der Waals surface area contributed by atoms with E-state index in [1.807, 2.05) is 36.4 Å². The lowest BCUT2D eigenvalue weighted by molar-refractivity contribution is 0.100. The standard InChI is InChI=1S/C20H19NO2/c1-3-14-5-9-16(10-6-14)18-13-21-20(23-18)19(22)17-11-7-15(4-2)8-12-17/h5-13H,3-4H2,1-2H3. The zero-order valence-electron chi connectivity index (χ0n) is 13.4. The molecule has 116 valence electrons. The summed E-state index contributed by atoms with van der Waals surface area (Å²) in [4.78, 5) is 16.6. The molecule has 3 nitrogen and oxygen atoms in total. The molecule has 0 aliphatic heterocycles. The van der Waals surface area contributed by atoms with Crippen LogP contribution in [0.2, 0.25) is 0 Å². The van der Waals surface area contributed by atoms with Crippen LogP contribution < -0.4 is 0 Å². The van der Waals surface area contributed by atoms with Crippen LogP contribution in [0.15, 0.2) is 59.1 Å². The average molecular weight is 305 g/mol. The Labute approximate surface area is 136 Å². The minimum Gasteiger partial charge on any atom is -0.433 e. The van der Waals surface area contributed by atoms with Crippen molar-refractivity contribution in [1.82, 2.24) is 4.98 Å². The zero-order valence-corrected chi connectivity index (χ0v) is 13.4. The van der Waals surface area contributed by atoms with Gasteiger partial charge in [0, 0.05) is 11.1 Å². The van der Waals surface area contributed by atoms with E-state index in [4.69, 9.17) is 4.42 Å². The summed E-state index contributed by atoms with van der Waals surface area (Å²) >= 11 is 0. The van der Waals surface area contributed by atoms with Gasteiger partial charge in [0.1, 0.15) is 0 Å². The molecule has 0 saturated carbocycles. The molecule has 2 aromatic carbocycles. The highest BCUT2D eigenvalue weighted by atomic mass is 16.4. The maximum atomic E-state index is 12.4. The summed E-state index contributed by atoms with van der Waals surface area (Å²) < 4.78 is 5.66. The molecule has 3 rings (SSSR count). The largest absolute Gasteiger partial charge is 0.433 e. The molecule has 1 aromatic heterocycles. The number of aromatic nitrogens is 1. The maximum Gasteiger partial charge on any atom is 0.268 e. The lowest BCUT2D eigenvalue weighted by Crippen LogP contribution is -2.01. The number of ketones is 1. The quantitative estimate of drug-likeness (QED) is 0.642.